The first-order chi connectivity index (χ1) is 12.5. The minimum atomic E-state index is -0.111. The fourth-order valence-electron chi connectivity index (χ4n) is 2.68. The van der Waals surface area contributed by atoms with Crippen LogP contribution in [0.2, 0.25) is 0 Å². The van der Waals surface area contributed by atoms with Gasteiger partial charge in [0.2, 0.25) is 5.95 Å². The molecule has 0 aliphatic carbocycles. The Labute approximate surface area is 153 Å². The minimum Gasteiger partial charge on any atom is -0.268 e. The van der Waals surface area contributed by atoms with Crippen molar-refractivity contribution < 1.29 is 0 Å². The van der Waals surface area contributed by atoms with Gasteiger partial charge in [0.25, 0.3) is 5.56 Å². The summed E-state index contributed by atoms with van der Waals surface area (Å²) in [5, 5.41) is 4.92. The molecule has 1 N–H and O–H groups in total. The van der Waals surface area contributed by atoms with Crippen LogP contribution < -0.4 is 11.0 Å². The van der Waals surface area contributed by atoms with Crippen LogP contribution in [0.15, 0.2) is 58.4 Å². The van der Waals surface area contributed by atoms with Gasteiger partial charge in [-0.2, -0.15) is 5.10 Å². The van der Waals surface area contributed by atoms with E-state index in [1.807, 2.05) is 56.3 Å². The molecule has 3 rings (SSSR count). The van der Waals surface area contributed by atoms with Crippen molar-refractivity contribution in [2.75, 3.05) is 5.43 Å². The van der Waals surface area contributed by atoms with Crippen LogP contribution in [0.3, 0.4) is 0 Å². The molecule has 0 amide bonds. The Morgan fingerprint density at radius 1 is 1.15 bits per heavy atom. The van der Waals surface area contributed by atoms with E-state index in [1.54, 1.807) is 10.6 Å². The van der Waals surface area contributed by atoms with E-state index in [2.05, 4.69) is 29.4 Å². The van der Waals surface area contributed by atoms with Crippen molar-refractivity contribution in [2.24, 2.45) is 5.10 Å². The molecule has 3 aromatic rings. The van der Waals surface area contributed by atoms with Gasteiger partial charge in [-0.25, -0.2) is 15.0 Å². The van der Waals surface area contributed by atoms with E-state index >= 15 is 0 Å². The van der Waals surface area contributed by atoms with E-state index in [1.165, 1.54) is 5.56 Å². The molecule has 0 fully saturated rings. The zero-order valence-corrected chi connectivity index (χ0v) is 15.7. The Hall–Kier alpha value is -2.95. The topological polar surface area (TPSA) is 59.3 Å². The lowest BCUT2D eigenvalue weighted by Gasteiger charge is -2.14. The molecule has 0 aliphatic rings. The van der Waals surface area contributed by atoms with Crippen LogP contribution in [-0.4, -0.2) is 15.3 Å². The second kappa shape index (κ2) is 7.52. The summed E-state index contributed by atoms with van der Waals surface area (Å²) in [5.74, 6) is 0.851. The Bertz CT molecular complexity index is 1000. The highest BCUT2D eigenvalue weighted by atomic mass is 16.1. The summed E-state index contributed by atoms with van der Waals surface area (Å²) >= 11 is 0. The maximum Gasteiger partial charge on any atom is 0.267 e. The minimum absolute atomic E-state index is 0.111. The molecule has 0 unspecified atom stereocenters. The summed E-state index contributed by atoms with van der Waals surface area (Å²) in [5.41, 5.74) is 6.45. The average molecular weight is 348 g/mol. The zero-order chi connectivity index (χ0) is 18.7. The van der Waals surface area contributed by atoms with Crippen molar-refractivity contribution in [1.82, 2.24) is 9.55 Å². The molecule has 0 radical (unpaired) electrons. The van der Waals surface area contributed by atoms with Crippen LogP contribution in [0.25, 0.3) is 16.6 Å². The lowest BCUT2D eigenvalue weighted by molar-refractivity contribution is 0.863. The SMILES string of the molecule is CC/C(C)=N\Nc1nc2ccccc2c(=O)n1-c1ccc(C(C)C)cc1. The Balaban J connectivity index is 2.20. The molecule has 5 heteroatoms. The quantitative estimate of drug-likeness (QED) is 0.537. The van der Waals surface area contributed by atoms with Gasteiger partial charge in [0, 0.05) is 5.71 Å². The molecular weight excluding hydrogens is 324 g/mol. The van der Waals surface area contributed by atoms with Gasteiger partial charge < -0.3 is 0 Å². The Kier molecular flexibility index (Phi) is 5.16. The number of aromatic nitrogens is 2. The maximum atomic E-state index is 13.1. The van der Waals surface area contributed by atoms with Gasteiger partial charge in [-0.15, -0.1) is 0 Å². The number of nitrogens with zero attached hydrogens (tertiary/aromatic N) is 3. The number of rotatable bonds is 5. The summed E-state index contributed by atoms with van der Waals surface area (Å²) in [4.78, 5) is 17.7. The first kappa shape index (κ1) is 17.9. The van der Waals surface area contributed by atoms with Crippen molar-refractivity contribution in [3.05, 3.63) is 64.4 Å². The molecule has 134 valence electrons. The van der Waals surface area contributed by atoms with Gasteiger partial charge in [-0.3, -0.25) is 4.79 Å². The fraction of sp³-hybridized carbons (Fsp3) is 0.286. The summed E-state index contributed by atoms with van der Waals surface area (Å²) in [6.07, 6.45) is 0.827. The number of benzene rings is 2. The largest absolute Gasteiger partial charge is 0.268 e. The Morgan fingerprint density at radius 3 is 2.50 bits per heavy atom. The third-order valence-corrected chi connectivity index (χ3v) is 4.45. The fourth-order valence-corrected chi connectivity index (χ4v) is 2.68. The first-order valence-corrected chi connectivity index (χ1v) is 8.92. The number of hydrogen-bond acceptors (Lipinski definition) is 4. The molecule has 2 aromatic carbocycles. The van der Waals surface area contributed by atoms with E-state index in [0.29, 0.717) is 22.8 Å². The summed E-state index contributed by atoms with van der Waals surface area (Å²) in [6.45, 7) is 8.27. The van der Waals surface area contributed by atoms with Gasteiger partial charge in [-0.1, -0.05) is 45.0 Å². The van der Waals surface area contributed by atoms with E-state index in [4.69, 9.17) is 0 Å². The zero-order valence-electron chi connectivity index (χ0n) is 15.7. The van der Waals surface area contributed by atoms with E-state index in [9.17, 15) is 4.79 Å². The number of hydrogen-bond donors (Lipinski definition) is 1. The third-order valence-electron chi connectivity index (χ3n) is 4.45. The molecule has 0 atom stereocenters. The lowest BCUT2D eigenvalue weighted by Crippen LogP contribution is -2.23. The van der Waals surface area contributed by atoms with Crippen LogP contribution in [0.1, 0.15) is 45.6 Å². The average Bonchev–Trinajstić information content (AvgIpc) is 2.66. The van der Waals surface area contributed by atoms with Crippen LogP contribution in [0, 0.1) is 0 Å². The van der Waals surface area contributed by atoms with Crippen LogP contribution in [0.4, 0.5) is 5.95 Å². The molecule has 0 bridgehead atoms. The normalized spacial score (nSPS) is 12.0. The molecular formula is C21H24N4O. The molecule has 0 saturated carbocycles. The summed E-state index contributed by atoms with van der Waals surface area (Å²) < 4.78 is 1.58. The van der Waals surface area contributed by atoms with Gasteiger partial charge >= 0.3 is 0 Å². The van der Waals surface area contributed by atoms with Gasteiger partial charge in [-0.05, 0) is 49.1 Å². The van der Waals surface area contributed by atoms with E-state index < -0.39 is 0 Å². The number of anilines is 1. The molecule has 0 spiro atoms. The molecule has 1 heterocycles. The molecule has 1 aromatic heterocycles. The van der Waals surface area contributed by atoms with Crippen molar-refractivity contribution in [3.8, 4) is 5.69 Å². The van der Waals surface area contributed by atoms with E-state index in [-0.39, 0.29) is 5.56 Å². The van der Waals surface area contributed by atoms with Crippen LogP contribution in [0.5, 0.6) is 0 Å². The highest BCUT2D eigenvalue weighted by molar-refractivity contribution is 5.82. The van der Waals surface area contributed by atoms with Crippen LogP contribution in [-0.2, 0) is 0 Å². The lowest BCUT2D eigenvalue weighted by atomic mass is 10.0. The van der Waals surface area contributed by atoms with Crippen LogP contribution >= 0.6 is 0 Å². The monoisotopic (exact) mass is 348 g/mol. The smallest absolute Gasteiger partial charge is 0.267 e. The molecule has 5 nitrogen and oxygen atoms in total. The Morgan fingerprint density at radius 2 is 1.85 bits per heavy atom. The van der Waals surface area contributed by atoms with Crippen molar-refractivity contribution in [2.45, 2.75) is 40.0 Å². The predicted octanol–water partition coefficient (Wildman–Crippen LogP) is 4.71. The molecule has 0 saturated heterocycles. The van der Waals surface area contributed by atoms with Crippen molar-refractivity contribution in [3.63, 3.8) is 0 Å². The summed E-state index contributed by atoms with van der Waals surface area (Å²) in [6, 6.07) is 15.4. The number of hydrazone groups is 1. The van der Waals surface area contributed by atoms with E-state index in [0.717, 1.165) is 17.8 Å². The summed E-state index contributed by atoms with van der Waals surface area (Å²) in [7, 11) is 0. The van der Waals surface area contributed by atoms with Gasteiger partial charge in [0.15, 0.2) is 0 Å². The van der Waals surface area contributed by atoms with Crippen molar-refractivity contribution in [1.29, 1.82) is 0 Å². The number of fused-ring (bicyclic) bond motifs is 1. The highest BCUT2D eigenvalue weighted by Gasteiger charge is 2.12. The molecule has 0 aliphatic heterocycles. The number of nitrogens with one attached hydrogen (secondary N) is 1. The second-order valence-corrected chi connectivity index (χ2v) is 6.65. The predicted molar refractivity (Wildman–Crippen MR) is 108 cm³/mol. The standard InChI is InChI=1S/C21H24N4O/c1-5-15(4)23-24-21-22-19-9-7-6-8-18(19)20(26)25(21)17-12-10-16(11-13-17)14(2)3/h6-14H,5H2,1-4H3,(H,22,24)/b23-15-. The highest BCUT2D eigenvalue weighted by Crippen LogP contribution is 2.20. The maximum absolute atomic E-state index is 13.1. The third kappa shape index (κ3) is 3.52. The van der Waals surface area contributed by atoms with Gasteiger partial charge in [0.1, 0.15) is 0 Å². The first-order valence-electron chi connectivity index (χ1n) is 8.92. The van der Waals surface area contributed by atoms with Gasteiger partial charge in [0.05, 0.1) is 16.6 Å². The second-order valence-electron chi connectivity index (χ2n) is 6.65. The number of para-hydroxylation sites is 1. The van der Waals surface area contributed by atoms with Crippen molar-refractivity contribution >= 4 is 22.6 Å². The molecule has 26 heavy (non-hydrogen) atoms.